The third-order valence-electron chi connectivity index (χ3n) is 5.52. The van der Waals surface area contributed by atoms with Crippen LogP contribution >= 0.6 is 15.9 Å². The summed E-state index contributed by atoms with van der Waals surface area (Å²) in [5.41, 5.74) is 2.36. The number of rotatable bonds is 2. The van der Waals surface area contributed by atoms with E-state index >= 15 is 0 Å². The number of carbonyl (C=O) groups is 1. The summed E-state index contributed by atoms with van der Waals surface area (Å²) in [5, 5.41) is 9.88. The summed E-state index contributed by atoms with van der Waals surface area (Å²) in [4.78, 5) is 16.9. The van der Waals surface area contributed by atoms with Gasteiger partial charge in [0.25, 0.3) is 0 Å². The summed E-state index contributed by atoms with van der Waals surface area (Å²) in [6.07, 6.45) is 3.06. The van der Waals surface area contributed by atoms with Crippen LogP contribution in [0.4, 0.5) is 5.69 Å². The van der Waals surface area contributed by atoms with Crippen molar-refractivity contribution >= 4 is 27.5 Å². The minimum Gasteiger partial charge on any atom is -0.394 e. The predicted octanol–water partition coefficient (Wildman–Crippen LogP) is 2.56. The molecular weight excluding hydrogens is 344 g/mol. The highest BCUT2D eigenvalue weighted by atomic mass is 79.9. The van der Waals surface area contributed by atoms with E-state index in [1.165, 1.54) is 5.56 Å². The molecule has 0 aromatic heterocycles. The maximum atomic E-state index is 12.7. The zero-order valence-electron chi connectivity index (χ0n) is 12.7. The Bertz CT molecular complexity index is 617. The second kappa shape index (κ2) is 5.24. The molecule has 1 aliphatic carbocycles. The molecular formula is C17H21BrN2O2. The van der Waals surface area contributed by atoms with Gasteiger partial charge in [0.2, 0.25) is 5.91 Å². The maximum Gasteiger partial charge on any atom is 0.226 e. The van der Waals surface area contributed by atoms with Crippen molar-refractivity contribution < 1.29 is 9.90 Å². The highest BCUT2D eigenvalue weighted by Crippen LogP contribution is 2.50. The average molecular weight is 365 g/mol. The quantitative estimate of drug-likeness (QED) is 0.876. The van der Waals surface area contributed by atoms with Crippen LogP contribution in [0.15, 0.2) is 22.7 Å². The van der Waals surface area contributed by atoms with Crippen LogP contribution in [0.2, 0.25) is 0 Å². The first-order chi connectivity index (χ1) is 10.6. The van der Waals surface area contributed by atoms with Gasteiger partial charge < -0.3 is 14.9 Å². The van der Waals surface area contributed by atoms with Crippen LogP contribution in [0.25, 0.3) is 0 Å². The Morgan fingerprint density at radius 2 is 2.14 bits per heavy atom. The number of hydrogen-bond acceptors (Lipinski definition) is 3. The van der Waals surface area contributed by atoms with E-state index in [4.69, 9.17) is 0 Å². The van der Waals surface area contributed by atoms with Crippen molar-refractivity contribution in [2.45, 2.75) is 31.3 Å². The number of aliphatic hydroxyl groups excluding tert-OH is 1. The lowest BCUT2D eigenvalue weighted by Gasteiger charge is -2.44. The first-order valence-corrected chi connectivity index (χ1v) is 8.84. The molecule has 4 rings (SSSR count). The molecule has 0 unspecified atom stereocenters. The average Bonchev–Trinajstić information content (AvgIpc) is 3.26. The number of aliphatic hydroxyl groups is 1. The second-order valence-electron chi connectivity index (χ2n) is 6.77. The smallest absolute Gasteiger partial charge is 0.226 e. The number of halogens is 1. The van der Waals surface area contributed by atoms with Gasteiger partial charge in [-0.05, 0) is 43.0 Å². The summed E-state index contributed by atoms with van der Waals surface area (Å²) >= 11 is 3.57. The topological polar surface area (TPSA) is 43.8 Å². The first-order valence-electron chi connectivity index (χ1n) is 8.05. The molecule has 0 bridgehead atoms. The normalized spacial score (nSPS) is 30.2. The lowest BCUT2D eigenvalue weighted by Crippen LogP contribution is -2.48. The number of benzene rings is 1. The fraction of sp³-hybridized carbons (Fsp3) is 0.588. The van der Waals surface area contributed by atoms with Crippen LogP contribution in [-0.2, 0) is 4.79 Å². The summed E-state index contributed by atoms with van der Waals surface area (Å²) in [7, 11) is 2.05. The minimum absolute atomic E-state index is 0.0932. The lowest BCUT2D eigenvalue weighted by atomic mass is 9.82. The number of hydrogen-bond donors (Lipinski definition) is 1. The first kappa shape index (κ1) is 14.5. The summed E-state index contributed by atoms with van der Waals surface area (Å²) in [6.45, 7) is 0.958. The van der Waals surface area contributed by atoms with E-state index in [0.717, 1.165) is 36.0 Å². The fourth-order valence-corrected chi connectivity index (χ4v) is 4.62. The van der Waals surface area contributed by atoms with E-state index in [1.54, 1.807) is 0 Å². The summed E-state index contributed by atoms with van der Waals surface area (Å²) in [6, 6.07) is 6.49. The fourth-order valence-electron chi connectivity index (χ4n) is 4.24. The lowest BCUT2D eigenvalue weighted by molar-refractivity contribution is -0.134. The van der Waals surface area contributed by atoms with Crippen LogP contribution in [0.5, 0.6) is 0 Å². The van der Waals surface area contributed by atoms with Gasteiger partial charge in [-0.1, -0.05) is 15.9 Å². The number of fused-ring (bicyclic) bond motifs is 3. The Morgan fingerprint density at radius 3 is 2.82 bits per heavy atom. The highest BCUT2D eigenvalue weighted by Gasteiger charge is 2.49. The molecule has 4 nitrogen and oxygen atoms in total. The molecule has 118 valence electrons. The van der Waals surface area contributed by atoms with Gasteiger partial charge in [-0.15, -0.1) is 0 Å². The number of amides is 1. The van der Waals surface area contributed by atoms with Gasteiger partial charge in [-0.25, -0.2) is 0 Å². The van der Waals surface area contributed by atoms with Crippen molar-refractivity contribution in [1.82, 2.24) is 4.90 Å². The maximum absolute atomic E-state index is 12.7. The molecule has 22 heavy (non-hydrogen) atoms. The number of carbonyl (C=O) groups excluding carboxylic acids is 1. The standard InChI is InChI=1S/C17H21BrN2O2/c1-19-14-5-4-11(18)8-13(14)16-12(15(19)9-21)6-7-20(16)17(22)10-2-3-10/h4-5,8,10,12,15-16,21H,2-3,6-7,9H2,1H3/t12-,15+,16-/m1/s1. The summed E-state index contributed by atoms with van der Waals surface area (Å²) in [5.74, 6) is 0.890. The Morgan fingerprint density at radius 1 is 1.36 bits per heavy atom. The zero-order chi connectivity index (χ0) is 15.4. The molecule has 2 aliphatic heterocycles. The number of likely N-dealkylation sites (tertiary alicyclic amines) is 1. The minimum atomic E-state index is 0.0932. The van der Waals surface area contributed by atoms with E-state index in [9.17, 15) is 9.90 Å². The van der Waals surface area contributed by atoms with Gasteiger partial charge in [0.15, 0.2) is 0 Å². The second-order valence-corrected chi connectivity index (χ2v) is 7.68. The molecule has 3 aliphatic rings. The number of likely N-dealkylation sites (N-methyl/N-ethyl adjacent to an activating group) is 1. The van der Waals surface area contributed by atoms with Crippen LogP contribution in [0, 0.1) is 11.8 Å². The highest BCUT2D eigenvalue weighted by molar-refractivity contribution is 9.10. The van der Waals surface area contributed by atoms with Gasteiger partial charge in [0.05, 0.1) is 18.7 Å². The molecule has 5 heteroatoms. The van der Waals surface area contributed by atoms with Crippen LogP contribution in [0.1, 0.15) is 30.9 Å². The van der Waals surface area contributed by atoms with Crippen molar-refractivity contribution in [1.29, 1.82) is 0 Å². The third-order valence-corrected chi connectivity index (χ3v) is 6.01. The van der Waals surface area contributed by atoms with Crippen molar-refractivity contribution in [3.8, 4) is 0 Å². The third kappa shape index (κ3) is 2.09. The van der Waals surface area contributed by atoms with Crippen molar-refractivity contribution in [3.63, 3.8) is 0 Å². The molecule has 1 aromatic rings. The van der Waals surface area contributed by atoms with E-state index in [-0.39, 0.29) is 24.6 Å². The van der Waals surface area contributed by atoms with Gasteiger partial charge in [0, 0.05) is 35.6 Å². The van der Waals surface area contributed by atoms with Crippen LogP contribution in [0.3, 0.4) is 0 Å². The Hall–Kier alpha value is -1.07. The summed E-state index contributed by atoms with van der Waals surface area (Å²) < 4.78 is 1.05. The molecule has 1 aromatic carbocycles. The monoisotopic (exact) mass is 364 g/mol. The SMILES string of the molecule is CN1c2ccc(Br)cc2[C@H]2[C@H](CCN2C(=O)C2CC2)[C@@H]1CO. The van der Waals surface area contributed by atoms with Crippen LogP contribution in [-0.4, -0.2) is 42.2 Å². The van der Waals surface area contributed by atoms with Gasteiger partial charge in [0.1, 0.15) is 0 Å². The molecule has 0 spiro atoms. The van der Waals surface area contributed by atoms with Crippen molar-refractivity contribution in [2.75, 3.05) is 25.1 Å². The Labute approximate surface area is 139 Å². The molecule has 2 heterocycles. The Kier molecular flexibility index (Phi) is 3.46. The van der Waals surface area contributed by atoms with E-state index in [2.05, 4.69) is 44.9 Å². The molecule has 0 radical (unpaired) electrons. The molecule has 2 fully saturated rings. The largest absolute Gasteiger partial charge is 0.394 e. The van der Waals surface area contributed by atoms with E-state index in [1.807, 2.05) is 6.07 Å². The molecule has 1 saturated carbocycles. The molecule has 1 saturated heterocycles. The van der Waals surface area contributed by atoms with Crippen molar-refractivity contribution in [2.24, 2.45) is 11.8 Å². The van der Waals surface area contributed by atoms with Gasteiger partial charge >= 0.3 is 0 Å². The molecule has 3 atom stereocenters. The van der Waals surface area contributed by atoms with Crippen molar-refractivity contribution in [3.05, 3.63) is 28.2 Å². The Balaban J connectivity index is 1.79. The zero-order valence-corrected chi connectivity index (χ0v) is 14.3. The van der Waals surface area contributed by atoms with Gasteiger partial charge in [-0.2, -0.15) is 0 Å². The predicted molar refractivity (Wildman–Crippen MR) is 88.7 cm³/mol. The van der Waals surface area contributed by atoms with Gasteiger partial charge in [-0.3, -0.25) is 4.79 Å². The number of anilines is 1. The van der Waals surface area contributed by atoms with E-state index < -0.39 is 0 Å². The number of nitrogens with zero attached hydrogens (tertiary/aromatic N) is 2. The van der Waals surface area contributed by atoms with Crippen LogP contribution < -0.4 is 4.90 Å². The molecule has 1 amide bonds. The molecule has 1 N–H and O–H groups in total. The van der Waals surface area contributed by atoms with E-state index in [0.29, 0.717) is 11.8 Å².